The molecule has 1 N–H and O–H groups in total. The van der Waals surface area contributed by atoms with Gasteiger partial charge in [-0.3, -0.25) is 9.69 Å². The third kappa shape index (κ3) is 3.63. The summed E-state index contributed by atoms with van der Waals surface area (Å²) in [5.41, 5.74) is 2.90. The summed E-state index contributed by atoms with van der Waals surface area (Å²) >= 11 is 11.3. The first-order valence-corrected chi connectivity index (χ1v) is 10.4. The number of rotatable bonds is 3. The van der Waals surface area contributed by atoms with Gasteiger partial charge in [-0.15, -0.1) is 0 Å². The van der Waals surface area contributed by atoms with Crippen LogP contribution in [0, 0.1) is 7.14 Å². The van der Waals surface area contributed by atoms with Crippen molar-refractivity contribution < 1.29 is 4.79 Å². The van der Waals surface area contributed by atoms with Gasteiger partial charge < -0.3 is 5.32 Å². The van der Waals surface area contributed by atoms with Gasteiger partial charge in [-0.25, -0.2) is 0 Å². The van der Waals surface area contributed by atoms with Gasteiger partial charge in [0.1, 0.15) is 0 Å². The van der Waals surface area contributed by atoms with E-state index in [4.69, 9.17) is 12.2 Å². The van der Waals surface area contributed by atoms with Gasteiger partial charge in [0.05, 0.1) is 16.3 Å². The largest absolute Gasteiger partial charge is 0.386 e. The number of carbonyl (C=O) groups is 1. The Morgan fingerprint density at radius 1 is 1.17 bits per heavy atom. The normalized spacial score (nSPS) is 16.1. The number of nitrogens with one attached hydrogen (secondary N) is 1. The van der Waals surface area contributed by atoms with E-state index < -0.39 is 0 Å². The Balaban J connectivity index is 1.95. The molecule has 0 saturated carbocycles. The maximum absolute atomic E-state index is 12.7. The zero-order valence-corrected chi connectivity index (χ0v) is 18.5. The van der Waals surface area contributed by atoms with E-state index in [9.17, 15) is 4.79 Å². The van der Waals surface area contributed by atoms with E-state index in [0.717, 1.165) is 24.1 Å². The fraction of sp³-hybridized carbons (Fsp3) is 0.0588. The Morgan fingerprint density at radius 3 is 2.38 bits per heavy atom. The molecule has 3 rings (SSSR count). The molecule has 2 aromatic rings. The van der Waals surface area contributed by atoms with Gasteiger partial charge in [0.2, 0.25) is 0 Å². The molecule has 0 aromatic heterocycles. The topological polar surface area (TPSA) is 32.3 Å². The summed E-state index contributed by atoms with van der Waals surface area (Å²) in [7, 11) is 1.91. The number of para-hydroxylation sites is 1. The van der Waals surface area contributed by atoms with Crippen LogP contribution in [0.5, 0.6) is 0 Å². The summed E-state index contributed by atoms with van der Waals surface area (Å²) in [5.74, 6) is -0.0705. The lowest BCUT2D eigenvalue weighted by Gasteiger charge is -2.13. The molecule has 0 spiro atoms. The molecule has 122 valence electrons. The van der Waals surface area contributed by atoms with Crippen LogP contribution in [-0.4, -0.2) is 17.3 Å². The van der Waals surface area contributed by atoms with E-state index in [0.29, 0.717) is 9.23 Å². The fourth-order valence-corrected chi connectivity index (χ4v) is 5.99. The molecule has 1 amide bonds. The number of amides is 1. The van der Waals surface area contributed by atoms with Crippen LogP contribution < -0.4 is 10.2 Å². The number of thioether (sulfide) groups is 1. The number of nitrogens with zero attached hydrogens (tertiary/aromatic N) is 1. The second kappa shape index (κ2) is 7.71. The standard InChI is InChI=1S/C17H12I2N2OS2/c1-20-15-12(18)7-10(8-13(15)19)9-14-16(22)21(17(23)24-14)11-5-3-2-4-6-11/h2-9,20H,1H3/b14-9+. The number of thiocarbonyl (C=S) groups is 1. The third-order valence-electron chi connectivity index (χ3n) is 3.42. The van der Waals surface area contributed by atoms with E-state index >= 15 is 0 Å². The van der Waals surface area contributed by atoms with Crippen molar-refractivity contribution in [3.05, 3.63) is 60.1 Å². The van der Waals surface area contributed by atoms with E-state index in [1.807, 2.05) is 43.5 Å². The molecule has 0 radical (unpaired) electrons. The molecule has 0 aliphatic carbocycles. The third-order valence-corrected chi connectivity index (χ3v) is 6.42. The molecular weight excluding hydrogens is 566 g/mol. The van der Waals surface area contributed by atoms with Crippen molar-refractivity contribution in [3.63, 3.8) is 0 Å². The molecule has 3 nitrogen and oxygen atoms in total. The molecule has 24 heavy (non-hydrogen) atoms. The first kappa shape index (κ1) is 18.2. The number of hydrogen-bond donors (Lipinski definition) is 1. The molecule has 1 fully saturated rings. The minimum Gasteiger partial charge on any atom is -0.386 e. The lowest BCUT2D eigenvalue weighted by molar-refractivity contribution is -0.113. The second-order valence-corrected chi connectivity index (χ2v) is 8.96. The minimum absolute atomic E-state index is 0.0705. The van der Waals surface area contributed by atoms with Crippen molar-refractivity contribution in [2.75, 3.05) is 17.3 Å². The average Bonchev–Trinajstić information content (AvgIpc) is 2.82. The zero-order chi connectivity index (χ0) is 17.3. The predicted molar refractivity (Wildman–Crippen MR) is 124 cm³/mol. The van der Waals surface area contributed by atoms with Crippen LogP contribution in [0.15, 0.2) is 47.4 Å². The van der Waals surface area contributed by atoms with E-state index in [1.54, 1.807) is 4.90 Å². The molecule has 0 bridgehead atoms. The molecule has 2 aromatic carbocycles. The smallest absolute Gasteiger partial charge is 0.270 e. The van der Waals surface area contributed by atoms with Crippen LogP contribution in [0.2, 0.25) is 0 Å². The van der Waals surface area contributed by atoms with Crippen LogP contribution in [0.3, 0.4) is 0 Å². The lowest BCUT2D eigenvalue weighted by atomic mass is 10.2. The first-order chi connectivity index (χ1) is 11.5. The summed E-state index contributed by atoms with van der Waals surface area (Å²) in [4.78, 5) is 15.0. The Bertz CT molecular complexity index is 830. The summed E-state index contributed by atoms with van der Waals surface area (Å²) in [5, 5.41) is 3.19. The number of halogens is 2. The highest BCUT2D eigenvalue weighted by atomic mass is 127. The molecule has 1 saturated heterocycles. The molecule has 0 atom stereocenters. The Labute approximate surface area is 177 Å². The van der Waals surface area contributed by atoms with E-state index in [2.05, 4.69) is 62.6 Å². The van der Waals surface area contributed by atoms with Gasteiger partial charge in [0.15, 0.2) is 4.32 Å². The van der Waals surface area contributed by atoms with Crippen LogP contribution in [0.25, 0.3) is 6.08 Å². The van der Waals surface area contributed by atoms with Crippen molar-refractivity contribution in [1.82, 2.24) is 0 Å². The Hall–Kier alpha value is -0.650. The van der Waals surface area contributed by atoms with Crippen molar-refractivity contribution >= 4 is 96.8 Å². The minimum atomic E-state index is -0.0705. The highest BCUT2D eigenvalue weighted by molar-refractivity contribution is 14.1. The number of anilines is 2. The molecule has 1 aliphatic heterocycles. The van der Waals surface area contributed by atoms with E-state index in [-0.39, 0.29) is 5.91 Å². The SMILES string of the molecule is CNc1c(I)cc(/C=C2/SC(=S)N(c3ccccc3)C2=O)cc1I. The number of carbonyl (C=O) groups excluding carboxylic acids is 1. The average molecular weight is 578 g/mol. The summed E-state index contributed by atoms with van der Waals surface area (Å²) < 4.78 is 2.80. The lowest BCUT2D eigenvalue weighted by Crippen LogP contribution is -2.27. The van der Waals surface area contributed by atoms with Gasteiger partial charge in [-0.2, -0.15) is 0 Å². The van der Waals surface area contributed by atoms with Gasteiger partial charge in [-0.1, -0.05) is 42.2 Å². The van der Waals surface area contributed by atoms with Crippen LogP contribution in [-0.2, 0) is 4.79 Å². The monoisotopic (exact) mass is 578 g/mol. The second-order valence-electron chi connectivity index (χ2n) is 4.96. The van der Waals surface area contributed by atoms with Crippen molar-refractivity contribution in [2.24, 2.45) is 0 Å². The summed E-state index contributed by atoms with van der Waals surface area (Å²) in [6.45, 7) is 0. The van der Waals surface area contributed by atoms with Crippen molar-refractivity contribution in [3.8, 4) is 0 Å². The van der Waals surface area contributed by atoms with Gasteiger partial charge in [0.25, 0.3) is 5.91 Å². The summed E-state index contributed by atoms with van der Waals surface area (Å²) in [6.07, 6.45) is 1.91. The van der Waals surface area contributed by atoms with Gasteiger partial charge in [-0.05, 0) is 81.1 Å². The Morgan fingerprint density at radius 2 is 1.79 bits per heavy atom. The molecule has 0 unspecified atom stereocenters. The quantitative estimate of drug-likeness (QED) is 0.303. The number of hydrogen-bond acceptors (Lipinski definition) is 4. The molecule has 7 heteroatoms. The van der Waals surface area contributed by atoms with Crippen LogP contribution in [0.1, 0.15) is 5.56 Å². The maximum atomic E-state index is 12.7. The number of benzene rings is 2. The van der Waals surface area contributed by atoms with Crippen molar-refractivity contribution in [2.45, 2.75) is 0 Å². The maximum Gasteiger partial charge on any atom is 0.270 e. The van der Waals surface area contributed by atoms with Crippen LogP contribution >= 0.6 is 69.2 Å². The zero-order valence-electron chi connectivity index (χ0n) is 12.5. The highest BCUT2D eigenvalue weighted by Gasteiger charge is 2.33. The fourth-order valence-electron chi connectivity index (χ4n) is 2.33. The van der Waals surface area contributed by atoms with E-state index in [1.165, 1.54) is 11.8 Å². The molecule has 1 heterocycles. The van der Waals surface area contributed by atoms with Crippen LogP contribution in [0.4, 0.5) is 11.4 Å². The van der Waals surface area contributed by atoms with Crippen molar-refractivity contribution in [1.29, 1.82) is 0 Å². The van der Waals surface area contributed by atoms with Gasteiger partial charge in [0, 0.05) is 14.2 Å². The first-order valence-electron chi connectivity index (χ1n) is 7.01. The predicted octanol–water partition coefficient (Wildman–Crippen LogP) is 5.34. The Kier molecular flexibility index (Phi) is 5.83. The molecule has 1 aliphatic rings. The molecular formula is C17H12I2N2OS2. The van der Waals surface area contributed by atoms with Gasteiger partial charge >= 0.3 is 0 Å². The summed E-state index contributed by atoms with van der Waals surface area (Å²) in [6, 6.07) is 13.6. The highest BCUT2D eigenvalue weighted by Crippen LogP contribution is 2.36.